The Kier molecular flexibility index (Phi) is 2.92. The maximum absolute atomic E-state index is 11.6. The van der Waals surface area contributed by atoms with E-state index in [1.54, 1.807) is 6.07 Å². The highest BCUT2D eigenvalue weighted by Crippen LogP contribution is 2.38. The Morgan fingerprint density at radius 1 is 1.33 bits per heavy atom. The first kappa shape index (κ1) is 11.5. The Balaban J connectivity index is 1.93. The highest BCUT2D eigenvalue weighted by atomic mass is 35.5. The van der Waals surface area contributed by atoms with E-state index in [0.717, 1.165) is 24.1 Å². The van der Waals surface area contributed by atoms with Gasteiger partial charge < -0.3 is 4.98 Å². The van der Waals surface area contributed by atoms with Crippen LogP contribution in [-0.4, -0.2) is 9.97 Å². The van der Waals surface area contributed by atoms with Crippen molar-refractivity contribution in [1.29, 1.82) is 0 Å². The number of nitrogens with zero attached hydrogens (tertiary/aromatic N) is 1. The molecule has 0 unspecified atom stereocenters. The van der Waals surface area contributed by atoms with Gasteiger partial charge in [-0.1, -0.05) is 29.8 Å². The van der Waals surface area contributed by atoms with Gasteiger partial charge in [-0.15, -0.1) is 0 Å². The zero-order valence-corrected chi connectivity index (χ0v) is 10.6. The van der Waals surface area contributed by atoms with Crippen molar-refractivity contribution in [3.8, 4) is 0 Å². The molecule has 0 radical (unpaired) electrons. The molecule has 1 aromatic heterocycles. The molecular formula is C14H13ClN2O. The zero-order chi connectivity index (χ0) is 12.5. The maximum atomic E-state index is 11.6. The first-order valence-corrected chi connectivity index (χ1v) is 6.44. The minimum absolute atomic E-state index is 0.0750. The summed E-state index contributed by atoms with van der Waals surface area (Å²) in [5, 5.41) is 0.706. The van der Waals surface area contributed by atoms with E-state index in [2.05, 4.69) is 9.97 Å². The molecule has 1 N–H and O–H groups in total. The Labute approximate surface area is 110 Å². The van der Waals surface area contributed by atoms with E-state index in [-0.39, 0.29) is 5.56 Å². The van der Waals surface area contributed by atoms with Gasteiger partial charge in [-0.05, 0) is 24.5 Å². The minimum atomic E-state index is -0.0750. The SMILES string of the molecule is O=c1cc(C2CC2)nc(Cc2ccccc2Cl)[nH]1. The molecule has 0 amide bonds. The van der Waals surface area contributed by atoms with E-state index in [4.69, 9.17) is 11.6 Å². The standard InChI is InChI=1S/C14H13ClN2O/c15-11-4-2-1-3-10(11)7-13-16-12(9-5-6-9)8-14(18)17-13/h1-4,8-9H,5-7H2,(H,16,17,18). The highest BCUT2D eigenvalue weighted by Gasteiger charge is 2.25. The molecule has 18 heavy (non-hydrogen) atoms. The summed E-state index contributed by atoms with van der Waals surface area (Å²) in [5.41, 5.74) is 1.82. The number of hydrogen-bond acceptors (Lipinski definition) is 2. The van der Waals surface area contributed by atoms with Crippen LogP contribution in [0.1, 0.15) is 35.8 Å². The number of H-pyrrole nitrogens is 1. The third-order valence-corrected chi connectivity index (χ3v) is 3.49. The van der Waals surface area contributed by atoms with Gasteiger partial charge in [0.15, 0.2) is 0 Å². The number of halogens is 1. The highest BCUT2D eigenvalue weighted by molar-refractivity contribution is 6.31. The topological polar surface area (TPSA) is 45.8 Å². The molecule has 0 spiro atoms. The van der Waals surface area contributed by atoms with E-state index in [1.807, 2.05) is 24.3 Å². The van der Waals surface area contributed by atoms with Crippen LogP contribution in [0.3, 0.4) is 0 Å². The van der Waals surface area contributed by atoms with Crippen LogP contribution in [-0.2, 0) is 6.42 Å². The fourth-order valence-electron chi connectivity index (χ4n) is 2.02. The summed E-state index contributed by atoms with van der Waals surface area (Å²) in [6, 6.07) is 9.23. The molecule has 1 aromatic carbocycles. The second-order valence-electron chi connectivity index (χ2n) is 4.66. The largest absolute Gasteiger partial charge is 0.310 e. The third kappa shape index (κ3) is 2.46. The van der Waals surface area contributed by atoms with Crippen LogP contribution in [0, 0.1) is 0 Å². The summed E-state index contributed by atoms with van der Waals surface area (Å²) in [6.07, 6.45) is 2.85. The number of aromatic amines is 1. The summed E-state index contributed by atoms with van der Waals surface area (Å²) in [5.74, 6) is 1.18. The van der Waals surface area contributed by atoms with E-state index >= 15 is 0 Å². The third-order valence-electron chi connectivity index (χ3n) is 3.12. The second-order valence-corrected chi connectivity index (χ2v) is 5.07. The molecule has 3 nitrogen and oxygen atoms in total. The maximum Gasteiger partial charge on any atom is 0.251 e. The minimum Gasteiger partial charge on any atom is -0.310 e. The number of nitrogens with one attached hydrogen (secondary N) is 1. The van der Waals surface area contributed by atoms with Gasteiger partial charge in [0.1, 0.15) is 5.82 Å². The van der Waals surface area contributed by atoms with Gasteiger partial charge in [0.05, 0.1) is 5.69 Å². The lowest BCUT2D eigenvalue weighted by Crippen LogP contribution is -2.12. The van der Waals surface area contributed by atoms with Crippen molar-refractivity contribution in [2.24, 2.45) is 0 Å². The van der Waals surface area contributed by atoms with Crippen LogP contribution >= 0.6 is 11.6 Å². The van der Waals surface area contributed by atoms with Crippen LogP contribution in [0.15, 0.2) is 35.1 Å². The van der Waals surface area contributed by atoms with Crippen LogP contribution < -0.4 is 5.56 Å². The molecule has 0 bridgehead atoms. The Bertz CT molecular complexity index is 632. The van der Waals surface area contributed by atoms with Gasteiger partial charge in [-0.3, -0.25) is 4.79 Å². The van der Waals surface area contributed by atoms with Crippen LogP contribution in [0.5, 0.6) is 0 Å². The molecule has 0 saturated heterocycles. The Morgan fingerprint density at radius 3 is 2.83 bits per heavy atom. The molecule has 92 valence electrons. The van der Waals surface area contributed by atoms with E-state index in [0.29, 0.717) is 23.2 Å². The van der Waals surface area contributed by atoms with E-state index < -0.39 is 0 Å². The molecule has 0 atom stereocenters. The predicted molar refractivity (Wildman–Crippen MR) is 71.1 cm³/mol. The van der Waals surface area contributed by atoms with Crippen molar-refractivity contribution in [3.63, 3.8) is 0 Å². The molecule has 1 aliphatic carbocycles. The van der Waals surface area contributed by atoms with Gasteiger partial charge in [-0.25, -0.2) is 4.98 Å². The Hall–Kier alpha value is -1.61. The fourth-order valence-corrected chi connectivity index (χ4v) is 2.23. The van der Waals surface area contributed by atoms with Crippen molar-refractivity contribution < 1.29 is 0 Å². The lowest BCUT2D eigenvalue weighted by Gasteiger charge is -2.05. The quantitative estimate of drug-likeness (QED) is 0.922. The smallest absolute Gasteiger partial charge is 0.251 e. The van der Waals surface area contributed by atoms with Crippen molar-refractivity contribution in [3.05, 3.63) is 62.8 Å². The Morgan fingerprint density at radius 2 is 2.11 bits per heavy atom. The molecule has 0 aliphatic heterocycles. The van der Waals surface area contributed by atoms with Gasteiger partial charge >= 0.3 is 0 Å². The first-order valence-electron chi connectivity index (χ1n) is 6.06. The summed E-state index contributed by atoms with van der Waals surface area (Å²) in [4.78, 5) is 18.9. The zero-order valence-electron chi connectivity index (χ0n) is 9.82. The average Bonchev–Trinajstić information content (AvgIpc) is 3.15. The van der Waals surface area contributed by atoms with Crippen molar-refractivity contribution in [2.45, 2.75) is 25.2 Å². The normalized spacial score (nSPS) is 14.7. The number of aromatic nitrogens is 2. The molecule has 1 fully saturated rings. The van der Waals surface area contributed by atoms with Crippen LogP contribution in [0.2, 0.25) is 5.02 Å². The predicted octanol–water partition coefficient (Wildman–Crippen LogP) is 2.89. The van der Waals surface area contributed by atoms with Gasteiger partial charge in [0, 0.05) is 23.4 Å². The molecule has 1 aliphatic rings. The van der Waals surface area contributed by atoms with E-state index in [1.165, 1.54) is 0 Å². The van der Waals surface area contributed by atoms with Crippen molar-refractivity contribution >= 4 is 11.6 Å². The molecule has 4 heteroatoms. The van der Waals surface area contributed by atoms with Crippen molar-refractivity contribution in [1.82, 2.24) is 9.97 Å². The molecule has 1 saturated carbocycles. The number of hydrogen-bond donors (Lipinski definition) is 1. The lowest BCUT2D eigenvalue weighted by atomic mass is 10.1. The fraction of sp³-hybridized carbons (Fsp3) is 0.286. The van der Waals surface area contributed by atoms with Crippen molar-refractivity contribution in [2.75, 3.05) is 0 Å². The monoisotopic (exact) mass is 260 g/mol. The summed E-state index contributed by atoms with van der Waals surface area (Å²) in [6.45, 7) is 0. The van der Waals surface area contributed by atoms with Crippen LogP contribution in [0.25, 0.3) is 0 Å². The summed E-state index contributed by atoms with van der Waals surface area (Å²) in [7, 11) is 0. The second kappa shape index (κ2) is 4.58. The number of benzene rings is 1. The molecule has 2 aromatic rings. The number of rotatable bonds is 3. The summed E-state index contributed by atoms with van der Waals surface area (Å²) >= 11 is 6.11. The summed E-state index contributed by atoms with van der Waals surface area (Å²) < 4.78 is 0. The molecule has 3 rings (SSSR count). The first-order chi connectivity index (χ1) is 8.72. The average molecular weight is 261 g/mol. The van der Waals surface area contributed by atoms with Gasteiger partial charge in [0.2, 0.25) is 0 Å². The lowest BCUT2D eigenvalue weighted by molar-refractivity contribution is 0.882. The van der Waals surface area contributed by atoms with Gasteiger partial charge in [0.25, 0.3) is 5.56 Å². The van der Waals surface area contributed by atoms with Gasteiger partial charge in [-0.2, -0.15) is 0 Å². The molecular weight excluding hydrogens is 248 g/mol. The van der Waals surface area contributed by atoms with E-state index in [9.17, 15) is 4.79 Å². The molecule has 1 heterocycles. The van der Waals surface area contributed by atoms with Crippen LogP contribution in [0.4, 0.5) is 0 Å².